The standard InChI is InChI=1S/C24H26N2O5S2/c1-16-14-17(2)19(4)24(18(16)3)33(30,31)26-21-10-12-22(13-11-21)32(28,29)25-15-23(27)20-8-6-5-7-9-20/h5-14,25-26H,15H2,1-4H3. The van der Waals surface area contributed by atoms with Gasteiger partial charge in [0, 0.05) is 11.3 Å². The lowest BCUT2D eigenvalue weighted by Gasteiger charge is -2.17. The maximum Gasteiger partial charge on any atom is 0.262 e. The van der Waals surface area contributed by atoms with Crippen LogP contribution >= 0.6 is 0 Å². The lowest BCUT2D eigenvalue weighted by Crippen LogP contribution is -2.29. The first-order valence-electron chi connectivity index (χ1n) is 10.2. The fraction of sp³-hybridized carbons (Fsp3) is 0.208. The van der Waals surface area contributed by atoms with Gasteiger partial charge in [-0.15, -0.1) is 0 Å². The van der Waals surface area contributed by atoms with E-state index < -0.39 is 20.0 Å². The van der Waals surface area contributed by atoms with E-state index in [4.69, 9.17) is 0 Å². The third kappa shape index (κ3) is 5.50. The topological polar surface area (TPSA) is 109 Å². The molecule has 0 amide bonds. The van der Waals surface area contributed by atoms with Crippen molar-refractivity contribution in [3.8, 4) is 0 Å². The van der Waals surface area contributed by atoms with Crippen molar-refractivity contribution in [2.24, 2.45) is 0 Å². The van der Waals surface area contributed by atoms with Gasteiger partial charge in [0.25, 0.3) is 10.0 Å². The number of benzene rings is 3. The Morgan fingerprint density at radius 1 is 0.758 bits per heavy atom. The summed E-state index contributed by atoms with van der Waals surface area (Å²) in [6, 6.07) is 15.6. The fourth-order valence-electron chi connectivity index (χ4n) is 3.46. The van der Waals surface area contributed by atoms with Crippen LogP contribution in [-0.2, 0) is 20.0 Å². The molecule has 174 valence electrons. The van der Waals surface area contributed by atoms with Crippen LogP contribution in [0.4, 0.5) is 5.69 Å². The Bertz CT molecular complexity index is 1370. The summed E-state index contributed by atoms with van der Waals surface area (Å²) in [6.07, 6.45) is 0. The number of Topliss-reactive ketones (excluding diaryl/α,β-unsaturated/α-hetero) is 1. The second-order valence-electron chi connectivity index (χ2n) is 7.83. The van der Waals surface area contributed by atoms with Crippen LogP contribution in [0.15, 0.2) is 70.5 Å². The Balaban J connectivity index is 1.77. The number of hydrogen-bond donors (Lipinski definition) is 2. The van der Waals surface area contributed by atoms with Gasteiger partial charge in [0.2, 0.25) is 10.0 Å². The number of sulfonamides is 2. The first kappa shape index (κ1) is 24.6. The lowest BCUT2D eigenvalue weighted by atomic mass is 10.0. The van der Waals surface area contributed by atoms with Gasteiger partial charge in [0.05, 0.1) is 16.3 Å². The molecule has 0 aromatic heterocycles. The molecule has 0 aliphatic carbocycles. The summed E-state index contributed by atoms with van der Waals surface area (Å²) in [5.74, 6) is -0.359. The summed E-state index contributed by atoms with van der Waals surface area (Å²) in [4.78, 5) is 12.3. The van der Waals surface area contributed by atoms with Crippen molar-refractivity contribution < 1.29 is 21.6 Å². The van der Waals surface area contributed by atoms with Gasteiger partial charge in [0.1, 0.15) is 0 Å². The Morgan fingerprint density at radius 3 is 1.85 bits per heavy atom. The quantitative estimate of drug-likeness (QED) is 0.470. The molecule has 0 unspecified atom stereocenters. The second-order valence-corrected chi connectivity index (χ2v) is 11.2. The first-order chi connectivity index (χ1) is 15.4. The second kappa shape index (κ2) is 9.46. The van der Waals surface area contributed by atoms with Gasteiger partial charge in [-0.25, -0.2) is 21.6 Å². The van der Waals surface area contributed by atoms with Gasteiger partial charge in [-0.1, -0.05) is 36.4 Å². The summed E-state index contributed by atoms with van der Waals surface area (Å²) in [7, 11) is -7.83. The molecule has 0 fully saturated rings. The molecule has 0 aliphatic heterocycles. The van der Waals surface area contributed by atoms with Gasteiger partial charge in [-0.05, 0) is 74.2 Å². The average molecular weight is 487 g/mol. The molecule has 0 saturated heterocycles. The summed E-state index contributed by atoms with van der Waals surface area (Å²) < 4.78 is 56.0. The zero-order chi connectivity index (χ0) is 24.4. The zero-order valence-corrected chi connectivity index (χ0v) is 20.5. The number of nitrogens with one attached hydrogen (secondary N) is 2. The Hall–Kier alpha value is -3.01. The number of carbonyl (C=O) groups excluding carboxylic acids is 1. The Morgan fingerprint density at radius 2 is 1.30 bits per heavy atom. The minimum absolute atomic E-state index is 0.0786. The minimum Gasteiger partial charge on any atom is -0.293 e. The lowest BCUT2D eigenvalue weighted by molar-refractivity contribution is 0.0997. The predicted molar refractivity (Wildman–Crippen MR) is 129 cm³/mol. The molecule has 3 aromatic rings. The number of hydrogen-bond acceptors (Lipinski definition) is 5. The summed E-state index contributed by atoms with van der Waals surface area (Å²) >= 11 is 0. The van der Waals surface area contributed by atoms with Crippen LogP contribution in [-0.4, -0.2) is 29.2 Å². The van der Waals surface area contributed by atoms with Crippen molar-refractivity contribution in [3.63, 3.8) is 0 Å². The molecule has 3 aromatic carbocycles. The summed E-state index contributed by atoms with van der Waals surface area (Å²) in [5.41, 5.74) is 3.70. The summed E-state index contributed by atoms with van der Waals surface area (Å²) in [6.45, 7) is 6.85. The van der Waals surface area contributed by atoms with E-state index in [0.717, 1.165) is 11.1 Å². The largest absolute Gasteiger partial charge is 0.293 e. The van der Waals surface area contributed by atoms with E-state index in [0.29, 0.717) is 16.7 Å². The van der Waals surface area contributed by atoms with Crippen molar-refractivity contribution in [3.05, 3.63) is 88.5 Å². The van der Waals surface area contributed by atoms with Gasteiger partial charge in [-0.2, -0.15) is 0 Å². The highest BCUT2D eigenvalue weighted by Gasteiger charge is 2.23. The molecule has 3 rings (SSSR count). The predicted octanol–water partition coefficient (Wildman–Crippen LogP) is 3.88. The number of ketones is 1. The molecule has 9 heteroatoms. The maximum atomic E-state index is 13.1. The Labute approximate surface area is 195 Å². The molecule has 0 bridgehead atoms. The average Bonchev–Trinajstić information content (AvgIpc) is 2.77. The molecule has 2 N–H and O–H groups in total. The van der Waals surface area contributed by atoms with Crippen LogP contribution in [0, 0.1) is 27.7 Å². The number of anilines is 1. The number of aryl methyl sites for hydroxylation is 2. The molecule has 0 saturated carbocycles. The van der Waals surface area contributed by atoms with E-state index in [2.05, 4.69) is 9.44 Å². The fourth-order valence-corrected chi connectivity index (χ4v) is 6.12. The van der Waals surface area contributed by atoms with Gasteiger partial charge < -0.3 is 0 Å². The molecule has 0 spiro atoms. The maximum absolute atomic E-state index is 13.1. The zero-order valence-electron chi connectivity index (χ0n) is 18.8. The van der Waals surface area contributed by atoms with Crippen molar-refractivity contribution in [2.45, 2.75) is 37.5 Å². The normalized spacial score (nSPS) is 11.9. The third-order valence-electron chi connectivity index (χ3n) is 5.50. The van der Waals surface area contributed by atoms with Gasteiger partial charge in [-0.3, -0.25) is 9.52 Å². The highest BCUT2D eigenvalue weighted by atomic mass is 32.2. The van der Waals surface area contributed by atoms with Crippen LogP contribution in [0.1, 0.15) is 32.6 Å². The SMILES string of the molecule is Cc1cc(C)c(C)c(S(=O)(=O)Nc2ccc(S(=O)(=O)NCC(=O)c3ccccc3)cc2)c1C. The molecular weight excluding hydrogens is 460 g/mol. The third-order valence-corrected chi connectivity index (χ3v) is 8.57. The van der Waals surface area contributed by atoms with Crippen molar-refractivity contribution in [1.82, 2.24) is 4.72 Å². The molecule has 7 nitrogen and oxygen atoms in total. The van der Waals surface area contributed by atoms with Crippen LogP contribution in [0.25, 0.3) is 0 Å². The highest BCUT2D eigenvalue weighted by Crippen LogP contribution is 2.28. The van der Waals surface area contributed by atoms with E-state index in [-0.39, 0.29) is 27.8 Å². The molecule has 33 heavy (non-hydrogen) atoms. The molecule has 0 aliphatic rings. The van der Waals surface area contributed by atoms with Gasteiger partial charge in [0.15, 0.2) is 5.78 Å². The van der Waals surface area contributed by atoms with Crippen LogP contribution < -0.4 is 9.44 Å². The highest BCUT2D eigenvalue weighted by molar-refractivity contribution is 7.92. The minimum atomic E-state index is -3.95. The number of carbonyl (C=O) groups is 1. The molecule has 0 heterocycles. The smallest absolute Gasteiger partial charge is 0.262 e. The molecule has 0 radical (unpaired) electrons. The van der Waals surface area contributed by atoms with Crippen molar-refractivity contribution in [1.29, 1.82) is 0 Å². The monoisotopic (exact) mass is 486 g/mol. The van der Waals surface area contributed by atoms with Crippen molar-refractivity contribution >= 4 is 31.5 Å². The van der Waals surface area contributed by atoms with Crippen LogP contribution in [0.5, 0.6) is 0 Å². The first-order valence-corrected chi connectivity index (χ1v) is 13.2. The molecule has 0 atom stereocenters. The van der Waals surface area contributed by atoms with Gasteiger partial charge >= 0.3 is 0 Å². The van der Waals surface area contributed by atoms with E-state index in [1.54, 1.807) is 44.2 Å². The Kier molecular flexibility index (Phi) is 7.06. The van der Waals surface area contributed by atoms with Crippen molar-refractivity contribution in [2.75, 3.05) is 11.3 Å². The number of rotatable bonds is 8. The van der Waals surface area contributed by atoms with E-state index in [1.807, 2.05) is 19.9 Å². The van der Waals surface area contributed by atoms with E-state index >= 15 is 0 Å². The molecular formula is C24H26N2O5S2. The van der Waals surface area contributed by atoms with Crippen LogP contribution in [0.3, 0.4) is 0 Å². The summed E-state index contributed by atoms with van der Waals surface area (Å²) in [5, 5.41) is 0. The van der Waals surface area contributed by atoms with Crippen LogP contribution in [0.2, 0.25) is 0 Å². The van der Waals surface area contributed by atoms with E-state index in [9.17, 15) is 21.6 Å². The van der Waals surface area contributed by atoms with E-state index in [1.165, 1.54) is 24.3 Å².